The van der Waals surface area contributed by atoms with E-state index in [1.54, 1.807) is 0 Å². The summed E-state index contributed by atoms with van der Waals surface area (Å²) in [7, 11) is 0. The second-order valence-corrected chi connectivity index (χ2v) is 8.30. The summed E-state index contributed by atoms with van der Waals surface area (Å²) in [4.78, 5) is 16.1. The number of hydrogen-bond donors (Lipinski definition) is 1. The smallest absolute Gasteiger partial charge is 0.274 e. The van der Waals surface area contributed by atoms with E-state index in [0.29, 0.717) is 17.7 Å². The molecule has 2 fully saturated rings. The van der Waals surface area contributed by atoms with Gasteiger partial charge in [0.25, 0.3) is 5.91 Å². The van der Waals surface area contributed by atoms with Gasteiger partial charge < -0.3 is 10.2 Å². The Morgan fingerprint density at radius 2 is 2.12 bits per heavy atom. The number of carbonyl (C=O) groups excluding carboxylic acids is 1. The zero-order valence-corrected chi connectivity index (χ0v) is 15.8. The summed E-state index contributed by atoms with van der Waals surface area (Å²) in [6.07, 6.45) is 5.34. The van der Waals surface area contributed by atoms with Crippen molar-refractivity contribution in [1.29, 1.82) is 0 Å². The maximum Gasteiger partial charge on any atom is 0.274 e. The van der Waals surface area contributed by atoms with Gasteiger partial charge in [0, 0.05) is 36.5 Å². The number of hydrogen-bond acceptors (Lipinski definition) is 4. The summed E-state index contributed by atoms with van der Waals surface area (Å²) in [5.41, 5.74) is 0.590. The van der Waals surface area contributed by atoms with E-state index >= 15 is 0 Å². The molecule has 1 aromatic heterocycles. The van der Waals surface area contributed by atoms with E-state index in [1.807, 2.05) is 39.7 Å². The first kappa shape index (κ1) is 17.6. The fourth-order valence-electron chi connectivity index (χ4n) is 3.76. The summed E-state index contributed by atoms with van der Waals surface area (Å²) in [6.45, 7) is 3.71. The van der Waals surface area contributed by atoms with E-state index in [9.17, 15) is 4.79 Å². The maximum absolute atomic E-state index is 12.8. The van der Waals surface area contributed by atoms with Gasteiger partial charge in [-0.1, -0.05) is 18.2 Å². The summed E-state index contributed by atoms with van der Waals surface area (Å²) < 4.78 is 1.97. The van der Waals surface area contributed by atoms with Gasteiger partial charge >= 0.3 is 0 Å². The Hall–Kier alpha value is -1.79. The van der Waals surface area contributed by atoms with Crippen LogP contribution in [-0.4, -0.2) is 52.5 Å². The van der Waals surface area contributed by atoms with Crippen molar-refractivity contribution in [2.75, 3.05) is 31.9 Å². The number of amides is 1. The van der Waals surface area contributed by atoms with Crippen LogP contribution in [0.5, 0.6) is 0 Å². The number of rotatable bonds is 5. The second kappa shape index (κ2) is 8.27. The largest absolute Gasteiger partial charge is 0.337 e. The zero-order valence-electron chi connectivity index (χ0n) is 15.0. The molecule has 0 radical (unpaired) electrons. The number of carbonyl (C=O) groups is 1. The number of benzene rings is 1. The van der Waals surface area contributed by atoms with Crippen LogP contribution in [0, 0.1) is 5.92 Å². The third-order valence-electron chi connectivity index (χ3n) is 5.27. The van der Waals surface area contributed by atoms with Crippen LogP contribution in [0.25, 0.3) is 0 Å². The fraction of sp³-hybridized carbons (Fsp3) is 0.500. The van der Waals surface area contributed by atoms with Crippen LogP contribution >= 0.6 is 11.8 Å². The van der Waals surface area contributed by atoms with Gasteiger partial charge in [0.05, 0.1) is 6.04 Å². The molecule has 3 heterocycles. The molecule has 2 saturated heterocycles. The number of piperidine rings is 1. The van der Waals surface area contributed by atoms with Gasteiger partial charge in [0.15, 0.2) is 0 Å². The monoisotopic (exact) mass is 370 g/mol. The molecule has 2 unspecified atom stereocenters. The minimum absolute atomic E-state index is 0.0831. The molecular formula is C20H26N4OS. The standard InChI is InChI=1S/C20H26N4OS/c25-20(19-9-12-24(22-19)17-5-4-10-21-13-17)23-11-8-16(14-23)15-26-18-6-2-1-3-7-18/h1-3,6-7,9,12,16-17,21H,4-5,8,10-11,13-15H2. The summed E-state index contributed by atoms with van der Waals surface area (Å²) >= 11 is 1.89. The lowest BCUT2D eigenvalue weighted by Crippen LogP contribution is -2.32. The minimum Gasteiger partial charge on any atom is -0.337 e. The highest BCUT2D eigenvalue weighted by Gasteiger charge is 2.28. The number of aromatic nitrogens is 2. The summed E-state index contributed by atoms with van der Waals surface area (Å²) in [6, 6.07) is 12.7. The van der Waals surface area contributed by atoms with Crippen LogP contribution in [0.2, 0.25) is 0 Å². The Labute approximate surface area is 159 Å². The van der Waals surface area contributed by atoms with E-state index in [4.69, 9.17) is 0 Å². The molecule has 2 aliphatic heterocycles. The van der Waals surface area contributed by atoms with E-state index < -0.39 is 0 Å². The number of likely N-dealkylation sites (tertiary alicyclic amines) is 1. The highest BCUT2D eigenvalue weighted by Crippen LogP contribution is 2.26. The van der Waals surface area contributed by atoms with Crippen molar-refractivity contribution >= 4 is 17.7 Å². The average molecular weight is 371 g/mol. The second-order valence-electron chi connectivity index (χ2n) is 7.21. The van der Waals surface area contributed by atoms with Gasteiger partial charge in [-0.25, -0.2) is 0 Å². The summed E-state index contributed by atoms with van der Waals surface area (Å²) in [5.74, 6) is 1.71. The Morgan fingerprint density at radius 1 is 1.23 bits per heavy atom. The van der Waals surface area contributed by atoms with Crippen LogP contribution in [-0.2, 0) is 0 Å². The predicted octanol–water partition coefficient (Wildman–Crippen LogP) is 3.06. The molecule has 4 rings (SSSR count). The Balaban J connectivity index is 1.30. The van der Waals surface area contributed by atoms with Crippen molar-refractivity contribution in [3.8, 4) is 0 Å². The van der Waals surface area contributed by atoms with Crippen molar-refractivity contribution in [1.82, 2.24) is 20.0 Å². The van der Waals surface area contributed by atoms with Crippen LogP contribution < -0.4 is 5.32 Å². The van der Waals surface area contributed by atoms with Crippen molar-refractivity contribution in [3.63, 3.8) is 0 Å². The molecule has 1 aromatic carbocycles. The highest BCUT2D eigenvalue weighted by atomic mass is 32.2. The van der Waals surface area contributed by atoms with Gasteiger partial charge in [-0.3, -0.25) is 9.48 Å². The van der Waals surface area contributed by atoms with Gasteiger partial charge in [-0.05, 0) is 49.9 Å². The molecule has 0 spiro atoms. The molecule has 1 N–H and O–H groups in total. The quantitative estimate of drug-likeness (QED) is 0.822. The van der Waals surface area contributed by atoms with Crippen molar-refractivity contribution in [2.24, 2.45) is 5.92 Å². The topological polar surface area (TPSA) is 50.2 Å². The maximum atomic E-state index is 12.8. The van der Waals surface area contributed by atoms with E-state index in [-0.39, 0.29) is 5.91 Å². The normalized spacial score (nSPS) is 23.3. The van der Waals surface area contributed by atoms with Crippen LogP contribution in [0.4, 0.5) is 0 Å². The van der Waals surface area contributed by atoms with Crippen molar-refractivity contribution in [2.45, 2.75) is 30.2 Å². The van der Waals surface area contributed by atoms with Crippen LogP contribution in [0.3, 0.4) is 0 Å². The van der Waals surface area contributed by atoms with Gasteiger partial charge in [-0.2, -0.15) is 5.10 Å². The molecule has 0 saturated carbocycles. The van der Waals surface area contributed by atoms with E-state index in [0.717, 1.165) is 44.8 Å². The minimum atomic E-state index is 0.0831. The summed E-state index contributed by atoms with van der Waals surface area (Å²) in [5, 5.41) is 7.98. The van der Waals surface area contributed by atoms with Crippen LogP contribution in [0.15, 0.2) is 47.5 Å². The first-order valence-electron chi connectivity index (χ1n) is 9.52. The average Bonchev–Trinajstić information content (AvgIpc) is 3.37. The first-order valence-corrected chi connectivity index (χ1v) is 10.5. The zero-order chi connectivity index (χ0) is 17.8. The lowest BCUT2D eigenvalue weighted by Gasteiger charge is -2.23. The molecule has 0 bridgehead atoms. The van der Waals surface area contributed by atoms with Crippen LogP contribution in [0.1, 0.15) is 35.8 Å². The number of nitrogens with one attached hydrogen (secondary N) is 1. The molecule has 1 amide bonds. The van der Waals surface area contributed by atoms with Crippen molar-refractivity contribution < 1.29 is 4.79 Å². The van der Waals surface area contributed by atoms with Gasteiger partial charge in [0.2, 0.25) is 0 Å². The SMILES string of the molecule is O=C(c1ccn(C2CCCNC2)n1)N1CCC(CSc2ccccc2)C1. The molecule has 5 nitrogen and oxygen atoms in total. The number of nitrogens with zero attached hydrogens (tertiary/aromatic N) is 3. The molecule has 138 valence electrons. The third-order valence-corrected chi connectivity index (χ3v) is 6.52. The van der Waals surface area contributed by atoms with Gasteiger partial charge in [-0.15, -0.1) is 11.8 Å². The molecule has 6 heteroatoms. The van der Waals surface area contributed by atoms with Crippen molar-refractivity contribution in [3.05, 3.63) is 48.3 Å². The highest BCUT2D eigenvalue weighted by molar-refractivity contribution is 7.99. The molecule has 2 aromatic rings. The molecular weight excluding hydrogens is 344 g/mol. The Bertz CT molecular complexity index is 726. The lowest BCUT2D eigenvalue weighted by molar-refractivity contribution is 0.0781. The Kier molecular flexibility index (Phi) is 5.60. The molecule has 2 aliphatic rings. The molecule has 0 aliphatic carbocycles. The Morgan fingerprint density at radius 3 is 2.92 bits per heavy atom. The molecule has 2 atom stereocenters. The lowest BCUT2D eigenvalue weighted by atomic mass is 10.1. The predicted molar refractivity (Wildman–Crippen MR) is 105 cm³/mol. The molecule has 26 heavy (non-hydrogen) atoms. The number of thioether (sulfide) groups is 1. The third kappa shape index (κ3) is 4.13. The fourth-order valence-corrected chi connectivity index (χ4v) is 4.81. The first-order chi connectivity index (χ1) is 12.8. The van der Waals surface area contributed by atoms with Gasteiger partial charge in [0.1, 0.15) is 5.69 Å². The van der Waals surface area contributed by atoms with E-state index in [1.165, 1.54) is 11.3 Å². The van der Waals surface area contributed by atoms with E-state index in [2.05, 4.69) is 34.7 Å².